The van der Waals surface area contributed by atoms with E-state index in [0.29, 0.717) is 16.3 Å². The number of carbonyl (C=O) groups is 1. The van der Waals surface area contributed by atoms with Gasteiger partial charge in [-0.05, 0) is 48.0 Å². The SMILES string of the molecule is Cc1ccc(C(=O)Oc2c3ccccc3cc3ccc(Cl)cc23)cc1. The van der Waals surface area contributed by atoms with Crippen LogP contribution in [0.4, 0.5) is 0 Å². The predicted octanol–water partition coefficient (Wildman–Crippen LogP) is 6.17. The summed E-state index contributed by atoms with van der Waals surface area (Å²) < 4.78 is 5.82. The third kappa shape index (κ3) is 2.97. The Bertz CT molecular complexity index is 1100. The highest BCUT2D eigenvalue weighted by molar-refractivity contribution is 6.31. The van der Waals surface area contributed by atoms with Gasteiger partial charge in [0.25, 0.3) is 0 Å². The zero-order valence-corrected chi connectivity index (χ0v) is 14.4. The average molecular weight is 347 g/mol. The number of fused-ring (bicyclic) bond motifs is 2. The van der Waals surface area contributed by atoms with Gasteiger partial charge in [-0.3, -0.25) is 0 Å². The molecule has 122 valence electrons. The third-order valence-electron chi connectivity index (χ3n) is 4.26. The highest BCUT2D eigenvalue weighted by Gasteiger charge is 2.15. The van der Waals surface area contributed by atoms with Crippen molar-refractivity contribution in [1.29, 1.82) is 0 Å². The molecule has 0 saturated heterocycles. The summed E-state index contributed by atoms with van der Waals surface area (Å²) in [6.45, 7) is 1.98. The molecular weight excluding hydrogens is 332 g/mol. The van der Waals surface area contributed by atoms with Gasteiger partial charge in [0.2, 0.25) is 0 Å². The summed E-state index contributed by atoms with van der Waals surface area (Å²) in [5.74, 6) is 0.166. The number of ether oxygens (including phenoxy) is 1. The lowest BCUT2D eigenvalue weighted by Gasteiger charge is -2.12. The van der Waals surface area contributed by atoms with Crippen molar-refractivity contribution in [2.45, 2.75) is 6.92 Å². The molecule has 0 aromatic heterocycles. The van der Waals surface area contributed by atoms with E-state index in [2.05, 4.69) is 6.07 Å². The maximum atomic E-state index is 12.6. The molecule has 4 aromatic rings. The standard InChI is InChI=1S/C22H15ClO2/c1-14-6-8-15(9-7-14)22(24)25-21-19-5-3-2-4-16(19)12-17-10-11-18(23)13-20(17)21/h2-13H,1H3. The Balaban J connectivity index is 1.89. The van der Waals surface area contributed by atoms with E-state index in [9.17, 15) is 4.79 Å². The van der Waals surface area contributed by atoms with Crippen LogP contribution in [-0.4, -0.2) is 5.97 Å². The van der Waals surface area contributed by atoms with Crippen molar-refractivity contribution >= 4 is 39.1 Å². The van der Waals surface area contributed by atoms with E-state index in [1.165, 1.54) is 0 Å². The number of aryl methyl sites for hydroxylation is 1. The number of carbonyl (C=O) groups excluding carboxylic acids is 1. The summed E-state index contributed by atoms with van der Waals surface area (Å²) in [5.41, 5.74) is 1.62. The summed E-state index contributed by atoms with van der Waals surface area (Å²) in [5, 5.41) is 4.32. The lowest BCUT2D eigenvalue weighted by molar-refractivity contribution is 0.0739. The first kappa shape index (κ1) is 15.7. The minimum atomic E-state index is -0.377. The molecule has 25 heavy (non-hydrogen) atoms. The van der Waals surface area contributed by atoms with Crippen LogP contribution in [-0.2, 0) is 0 Å². The Morgan fingerprint density at radius 3 is 2.36 bits per heavy atom. The molecule has 0 saturated carbocycles. The molecule has 0 atom stereocenters. The molecule has 4 rings (SSSR count). The van der Waals surface area contributed by atoms with Crippen LogP contribution in [0.1, 0.15) is 15.9 Å². The van der Waals surface area contributed by atoms with Crippen molar-refractivity contribution in [2.24, 2.45) is 0 Å². The average Bonchev–Trinajstić information content (AvgIpc) is 2.62. The molecule has 0 aliphatic carbocycles. The summed E-state index contributed by atoms with van der Waals surface area (Å²) in [4.78, 5) is 12.6. The van der Waals surface area contributed by atoms with Gasteiger partial charge < -0.3 is 4.74 Å². The zero-order valence-electron chi connectivity index (χ0n) is 13.6. The van der Waals surface area contributed by atoms with Crippen molar-refractivity contribution in [3.05, 3.63) is 88.9 Å². The Morgan fingerprint density at radius 2 is 1.56 bits per heavy atom. The summed E-state index contributed by atoms with van der Waals surface area (Å²) in [6, 6.07) is 22.9. The first-order chi connectivity index (χ1) is 12.1. The van der Waals surface area contributed by atoms with E-state index >= 15 is 0 Å². The Labute approximate surface area is 150 Å². The first-order valence-corrected chi connectivity index (χ1v) is 8.39. The molecule has 0 bridgehead atoms. The number of halogens is 1. The van der Waals surface area contributed by atoms with E-state index in [0.717, 1.165) is 27.1 Å². The van der Waals surface area contributed by atoms with Gasteiger partial charge in [-0.25, -0.2) is 4.79 Å². The fraction of sp³-hybridized carbons (Fsp3) is 0.0455. The van der Waals surface area contributed by atoms with E-state index in [1.807, 2.05) is 61.5 Å². The largest absolute Gasteiger partial charge is 0.422 e. The number of esters is 1. The van der Waals surface area contributed by atoms with Gasteiger partial charge in [0, 0.05) is 15.8 Å². The van der Waals surface area contributed by atoms with Crippen LogP contribution < -0.4 is 4.74 Å². The molecule has 0 heterocycles. The highest BCUT2D eigenvalue weighted by Crippen LogP contribution is 2.36. The second-order valence-corrected chi connectivity index (χ2v) is 6.48. The molecule has 2 nitrogen and oxygen atoms in total. The third-order valence-corrected chi connectivity index (χ3v) is 4.49. The van der Waals surface area contributed by atoms with Crippen molar-refractivity contribution < 1.29 is 9.53 Å². The molecule has 0 aliphatic rings. The van der Waals surface area contributed by atoms with Gasteiger partial charge in [0.15, 0.2) is 0 Å². The van der Waals surface area contributed by atoms with Gasteiger partial charge in [0.1, 0.15) is 5.75 Å². The van der Waals surface area contributed by atoms with Crippen LogP contribution in [0.2, 0.25) is 5.02 Å². The van der Waals surface area contributed by atoms with Crippen LogP contribution in [0.5, 0.6) is 5.75 Å². The normalized spacial score (nSPS) is 11.0. The van der Waals surface area contributed by atoms with Crippen molar-refractivity contribution in [3.8, 4) is 5.75 Å². The van der Waals surface area contributed by atoms with Gasteiger partial charge in [-0.2, -0.15) is 0 Å². The lowest BCUT2D eigenvalue weighted by Crippen LogP contribution is -2.09. The van der Waals surface area contributed by atoms with Gasteiger partial charge in [-0.1, -0.05) is 59.6 Å². The lowest BCUT2D eigenvalue weighted by atomic mass is 10.0. The molecule has 3 heteroatoms. The van der Waals surface area contributed by atoms with Crippen LogP contribution in [0.25, 0.3) is 21.5 Å². The van der Waals surface area contributed by atoms with E-state index in [4.69, 9.17) is 16.3 Å². The number of rotatable bonds is 2. The molecule has 0 N–H and O–H groups in total. The Kier molecular flexibility index (Phi) is 3.90. The topological polar surface area (TPSA) is 26.3 Å². The maximum Gasteiger partial charge on any atom is 0.343 e. The molecule has 0 aliphatic heterocycles. The molecule has 0 amide bonds. The van der Waals surface area contributed by atoms with Gasteiger partial charge in [0.05, 0.1) is 5.56 Å². The molecular formula is C22H15ClO2. The second-order valence-electron chi connectivity index (χ2n) is 6.05. The van der Waals surface area contributed by atoms with Crippen molar-refractivity contribution in [1.82, 2.24) is 0 Å². The first-order valence-electron chi connectivity index (χ1n) is 8.02. The minimum Gasteiger partial charge on any atom is -0.422 e. The minimum absolute atomic E-state index is 0.377. The maximum absolute atomic E-state index is 12.6. The molecule has 4 aromatic carbocycles. The molecule has 0 unspecified atom stereocenters. The Hall–Kier alpha value is -2.84. The highest BCUT2D eigenvalue weighted by atomic mass is 35.5. The van der Waals surface area contributed by atoms with Gasteiger partial charge in [-0.15, -0.1) is 0 Å². The number of hydrogen-bond donors (Lipinski definition) is 0. The van der Waals surface area contributed by atoms with E-state index in [-0.39, 0.29) is 5.97 Å². The predicted molar refractivity (Wildman–Crippen MR) is 103 cm³/mol. The molecule has 0 fully saturated rings. The fourth-order valence-corrected chi connectivity index (χ4v) is 3.12. The number of benzene rings is 4. The zero-order chi connectivity index (χ0) is 17.4. The van der Waals surface area contributed by atoms with Crippen LogP contribution >= 0.6 is 11.6 Å². The van der Waals surface area contributed by atoms with Crippen molar-refractivity contribution in [2.75, 3.05) is 0 Å². The summed E-state index contributed by atoms with van der Waals surface area (Å²) in [6.07, 6.45) is 0. The monoisotopic (exact) mass is 346 g/mol. The van der Waals surface area contributed by atoms with Crippen LogP contribution in [0, 0.1) is 6.92 Å². The second kappa shape index (κ2) is 6.23. The number of hydrogen-bond acceptors (Lipinski definition) is 2. The van der Waals surface area contributed by atoms with Crippen molar-refractivity contribution in [3.63, 3.8) is 0 Å². The quantitative estimate of drug-likeness (QED) is 0.246. The van der Waals surface area contributed by atoms with Crippen LogP contribution in [0.3, 0.4) is 0 Å². The Morgan fingerprint density at radius 1 is 0.840 bits per heavy atom. The van der Waals surface area contributed by atoms with Gasteiger partial charge >= 0.3 is 5.97 Å². The smallest absolute Gasteiger partial charge is 0.343 e. The van der Waals surface area contributed by atoms with E-state index in [1.54, 1.807) is 12.1 Å². The molecule has 0 radical (unpaired) electrons. The van der Waals surface area contributed by atoms with E-state index < -0.39 is 0 Å². The van der Waals surface area contributed by atoms with Crippen LogP contribution in [0.15, 0.2) is 72.8 Å². The fourth-order valence-electron chi connectivity index (χ4n) is 2.94. The summed E-state index contributed by atoms with van der Waals surface area (Å²) in [7, 11) is 0. The summed E-state index contributed by atoms with van der Waals surface area (Å²) >= 11 is 6.17. The molecule has 0 spiro atoms.